The van der Waals surface area contributed by atoms with Gasteiger partial charge in [-0.3, -0.25) is 9.97 Å². The van der Waals surface area contributed by atoms with Gasteiger partial charge in [-0.05, 0) is 70.8 Å². The highest BCUT2D eigenvalue weighted by Gasteiger charge is 2.46. The Hall–Kier alpha value is -5.80. The quantitative estimate of drug-likeness (QED) is 0.209. The predicted octanol–water partition coefficient (Wildman–Crippen LogP) is 9.98. The highest BCUT2D eigenvalue weighted by molar-refractivity contribution is 5.91. The van der Waals surface area contributed by atoms with Crippen LogP contribution in [-0.4, -0.2) is 9.97 Å². The summed E-state index contributed by atoms with van der Waals surface area (Å²) in [6.07, 6.45) is 3.71. The van der Waals surface area contributed by atoms with Crippen LogP contribution in [0.4, 0.5) is 17.1 Å². The van der Waals surface area contributed by atoms with Crippen molar-refractivity contribution in [2.45, 2.75) is 5.41 Å². The van der Waals surface area contributed by atoms with Gasteiger partial charge in [0.2, 0.25) is 0 Å². The summed E-state index contributed by atoms with van der Waals surface area (Å²) in [6, 6.07) is 58.3. The molecule has 0 saturated heterocycles. The Bertz CT molecular complexity index is 2020. The molecule has 1 aliphatic heterocycles. The van der Waals surface area contributed by atoms with Crippen LogP contribution in [0.2, 0.25) is 0 Å². The molecule has 0 bridgehead atoms. The number of hydrogen-bond acceptors (Lipinski definition) is 3. The summed E-state index contributed by atoms with van der Waals surface area (Å²) in [7, 11) is 0. The number of anilines is 3. The van der Waals surface area contributed by atoms with E-state index >= 15 is 0 Å². The molecule has 44 heavy (non-hydrogen) atoms. The third kappa shape index (κ3) is 4.13. The lowest BCUT2D eigenvalue weighted by molar-refractivity contribution is 0.731. The van der Waals surface area contributed by atoms with Crippen molar-refractivity contribution in [2.75, 3.05) is 4.90 Å². The van der Waals surface area contributed by atoms with Gasteiger partial charge in [-0.15, -0.1) is 0 Å². The molecule has 0 atom stereocenters. The van der Waals surface area contributed by atoms with Crippen LogP contribution in [0.15, 0.2) is 176 Å². The van der Waals surface area contributed by atoms with Gasteiger partial charge >= 0.3 is 0 Å². The first kappa shape index (κ1) is 25.9. The van der Waals surface area contributed by atoms with E-state index in [0.717, 1.165) is 39.6 Å². The number of pyridine rings is 2. The molecule has 0 N–H and O–H groups in total. The Morgan fingerprint density at radius 3 is 1.61 bits per heavy atom. The van der Waals surface area contributed by atoms with Gasteiger partial charge in [0.25, 0.3) is 0 Å². The van der Waals surface area contributed by atoms with Gasteiger partial charge in [0.1, 0.15) is 0 Å². The molecule has 0 radical (unpaired) electrons. The molecule has 7 aromatic rings. The maximum Gasteiger partial charge on any atom is 0.0742 e. The molecule has 0 unspecified atom stereocenters. The van der Waals surface area contributed by atoms with Crippen LogP contribution in [0, 0.1) is 0 Å². The number of aromatic nitrogens is 2. The van der Waals surface area contributed by atoms with Gasteiger partial charge in [-0.1, -0.05) is 115 Å². The maximum atomic E-state index is 4.72. The molecule has 3 heterocycles. The second-order valence-corrected chi connectivity index (χ2v) is 11.0. The van der Waals surface area contributed by atoms with Gasteiger partial charge in [0.15, 0.2) is 0 Å². The molecule has 0 fully saturated rings. The van der Waals surface area contributed by atoms with Crippen molar-refractivity contribution in [3.63, 3.8) is 0 Å². The molecule has 208 valence electrons. The summed E-state index contributed by atoms with van der Waals surface area (Å²) in [5, 5.41) is 0. The first-order valence-electron chi connectivity index (χ1n) is 14.9. The fourth-order valence-electron chi connectivity index (χ4n) is 6.77. The summed E-state index contributed by atoms with van der Waals surface area (Å²) in [5.74, 6) is 0. The van der Waals surface area contributed by atoms with Crippen LogP contribution < -0.4 is 4.90 Å². The van der Waals surface area contributed by atoms with Crippen molar-refractivity contribution in [1.82, 2.24) is 9.97 Å². The zero-order chi connectivity index (χ0) is 29.3. The number of nitrogens with zero attached hydrogens (tertiary/aromatic N) is 3. The Kier molecular flexibility index (Phi) is 6.35. The van der Waals surface area contributed by atoms with Crippen LogP contribution >= 0.6 is 0 Å². The highest BCUT2D eigenvalue weighted by atomic mass is 15.2. The molecule has 8 rings (SSSR count). The SMILES string of the molecule is c1ccc(C2(c3ccccc3)c3ccccc3N(c3cccc(-c4ccccn4)c3)c3cc(-c4ccccn4)ccc32)cc1. The molecule has 1 aliphatic rings. The molecular weight excluding hydrogens is 534 g/mol. The minimum atomic E-state index is -0.536. The highest BCUT2D eigenvalue weighted by Crippen LogP contribution is 2.58. The standard InChI is InChI=1S/C41H29N3/c1-3-15-32(16-4-1)41(33-17-5-2-6-18-33)35-20-7-8-23-39(35)44(34-19-13-14-30(28-34)37-21-9-11-26-42-37)40-29-31(24-25-36(40)41)38-22-10-12-27-43-38/h1-29H. The van der Waals surface area contributed by atoms with Gasteiger partial charge in [-0.25, -0.2) is 0 Å². The number of para-hydroxylation sites is 1. The molecule has 0 aliphatic carbocycles. The smallest absolute Gasteiger partial charge is 0.0742 e. The van der Waals surface area contributed by atoms with Crippen molar-refractivity contribution in [3.05, 3.63) is 198 Å². The van der Waals surface area contributed by atoms with Crippen LogP contribution in [0.25, 0.3) is 22.5 Å². The van der Waals surface area contributed by atoms with Gasteiger partial charge in [-0.2, -0.15) is 0 Å². The molecule has 0 saturated carbocycles. The van der Waals surface area contributed by atoms with Crippen LogP contribution in [-0.2, 0) is 5.41 Å². The lowest BCUT2D eigenvalue weighted by Crippen LogP contribution is -2.37. The monoisotopic (exact) mass is 563 g/mol. The van der Waals surface area contributed by atoms with Crippen molar-refractivity contribution in [1.29, 1.82) is 0 Å². The largest absolute Gasteiger partial charge is 0.310 e. The zero-order valence-electron chi connectivity index (χ0n) is 24.1. The fraction of sp³-hybridized carbons (Fsp3) is 0.0244. The van der Waals surface area contributed by atoms with E-state index in [2.05, 4.69) is 149 Å². The Morgan fingerprint density at radius 1 is 0.409 bits per heavy atom. The van der Waals surface area contributed by atoms with Gasteiger partial charge < -0.3 is 4.90 Å². The number of benzene rings is 5. The normalized spacial score (nSPS) is 13.1. The first-order chi connectivity index (χ1) is 21.8. The van der Waals surface area contributed by atoms with E-state index < -0.39 is 5.41 Å². The minimum Gasteiger partial charge on any atom is -0.310 e. The van der Waals surface area contributed by atoms with E-state index in [1.54, 1.807) is 0 Å². The molecule has 3 nitrogen and oxygen atoms in total. The summed E-state index contributed by atoms with van der Waals surface area (Å²) in [6.45, 7) is 0. The molecule has 0 amide bonds. The zero-order valence-corrected chi connectivity index (χ0v) is 24.1. The van der Waals surface area contributed by atoms with Crippen molar-refractivity contribution in [3.8, 4) is 22.5 Å². The van der Waals surface area contributed by atoms with Crippen LogP contribution in [0.3, 0.4) is 0 Å². The summed E-state index contributed by atoms with van der Waals surface area (Å²) < 4.78 is 0. The van der Waals surface area contributed by atoms with Crippen molar-refractivity contribution in [2.24, 2.45) is 0 Å². The minimum absolute atomic E-state index is 0.536. The second-order valence-electron chi connectivity index (χ2n) is 11.0. The van der Waals surface area contributed by atoms with E-state index in [1.165, 1.54) is 22.3 Å². The molecular formula is C41H29N3. The fourth-order valence-corrected chi connectivity index (χ4v) is 6.77. The van der Waals surface area contributed by atoms with E-state index in [-0.39, 0.29) is 0 Å². The molecule has 0 spiro atoms. The maximum absolute atomic E-state index is 4.72. The lowest BCUT2D eigenvalue weighted by atomic mass is 9.62. The third-order valence-corrected chi connectivity index (χ3v) is 8.63. The van der Waals surface area contributed by atoms with Crippen LogP contribution in [0.1, 0.15) is 22.3 Å². The molecule has 3 heteroatoms. The Balaban J connectivity index is 1.47. The third-order valence-electron chi connectivity index (χ3n) is 8.63. The Labute approximate surface area is 257 Å². The Morgan fingerprint density at radius 2 is 0.977 bits per heavy atom. The summed E-state index contributed by atoms with van der Waals surface area (Å²) >= 11 is 0. The summed E-state index contributed by atoms with van der Waals surface area (Å²) in [4.78, 5) is 11.8. The number of hydrogen-bond donors (Lipinski definition) is 0. The van der Waals surface area contributed by atoms with Crippen molar-refractivity contribution < 1.29 is 0 Å². The average molecular weight is 564 g/mol. The van der Waals surface area contributed by atoms with Gasteiger partial charge in [0, 0.05) is 29.2 Å². The number of fused-ring (bicyclic) bond motifs is 2. The second kappa shape index (κ2) is 10.8. The van der Waals surface area contributed by atoms with Crippen molar-refractivity contribution >= 4 is 17.1 Å². The van der Waals surface area contributed by atoms with E-state index in [4.69, 9.17) is 4.98 Å². The summed E-state index contributed by atoms with van der Waals surface area (Å²) in [5.41, 5.74) is 11.8. The van der Waals surface area contributed by atoms with Gasteiger partial charge in [0.05, 0.1) is 28.2 Å². The first-order valence-corrected chi connectivity index (χ1v) is 14.9. The number of rotatable bonds is 5. The van der Waals surface area contributed by atoms with E-state index in [0.29, 0.717) is 0 Å². The lowest BCUT2D eigenvalue weighted by Gasteiger charge is -2.46. The predicted molar refractivity (Wildman–Crippen MR) is 179 cm³/mol. The average Bonchev–Trinajstić information content (AvgIpc) is 3.12. The molecule has 2 aromatic heterocycles. The van der Waals surface area contributed by atoms with E-state index in [9.17, 15) is 0 Å². The van der Waals surface area contributed by atoms with E-state index in [1.807, 2.05) is 36.7 Å². The van der Waals surface area contributed by atoms with Crippen LogP contribution in [0.5, 0.6) is 0 Å². The molecule has 5 aromatic carbocycles. The topological polar surface area (TPSA) is 29.0 Å².